The van der Waals surface area contributed by atoms with Crippen LogP contribution in [0, 0.1) is 0 Å². The second-order valence-corrected chi connectivity index (χ2v) is 8.46. The van der Waals surface area contributed by atoms with Gasteiger partial charge in [-0.05, 0) is 48.2 Å². The van der Waals surface area contributed by atoms with Crippen molar-refractivity contribution < 1.29 is 36.8 Å². The maximum Gasteiger partial charge on any atom is 0.336 e. The largest absolute Gasteiger partial charge is 0.744 e. The standard InChI is InChI=1S/C14H14O6S2.2CH5N3/c15-21(16,17)13-7-3-11(4-8-13)1-2-12-5-9-14(10-6-12)22(18,19)20;2*2-1(3)4/h3-10H,1-2H2,(H,15,16,17)(H,18,19,20);2*(H5,2,3,4). The highest BCUT2D eigenvalue weighted by Gasteiger charge is 2.03. The number of guanidine groups is 2. The van der Waals surface area contributed by atoms with Crippen LogP contribution in [0.4, 0.5) is 0 Å². The predicted molar refractivity (Wildman–Crippen MR) is 107 cm³/mol. The molecule has 0 aliphatic heterocycles. The summed E-state index contributed by atoms with van der Waals surface area (Å²) in [5, 5.41) is 9.17. The van der Waals surface area contributed by atoms with Gasteiger partial charge in [0.05, 0.1) is 9.79 Å². The lowest BCUT2D eigenvalue weighted by atomic mass is 10.0. The fourth-order valence-electron chi connectivity index (χ4n) is 1.93. The van der Waals surface area contributed by atoms with Crippen LogP contribution in [0.1, 0.15) is 11.1 Å². The quantitative estimate of drug-likeness (QED) is 0.141. The molecule has 12 nitrogen and oxygen atoms in total. The van der Waals surface area contributed by atoms with Gasteiger partial charge in [-0.2, -0.15) is 0 Å². The minimum atomic E-state index is -4.44. The van der Waals surface area contributed by atoms with E-state index in [4.69, 9.17) is 0 Å². The normalized spacial score (nSPS) is 10.6. The fourth-order valence-corrected chi connectivity index (χ4v) is 2.87. The first-order valence-corrected chi connectivity index (χ1v) is 10.8. The van der Waals surface area contributed by atoms with Crippen molar-refractivity contribution in [3.63, 3.8) is 0 Å². The summed E-state index contributed by atoms with van der Waals surface area (Å²) in [6.45, 7) is 0. The van der Waals surface area contributed by atoms with E-state index in [1.54, 1.807) is 24.3 Å². The van der Waals surface area contributed by atoms with Gasteiger partial charge in [0.2, 0.25) is 0 Å². The van der Waals surface area contributed by atoms with Gasteiger partial charge in [-0.25, -0.2) is 16.8 Å². The number of benzene rings is 2. The maximum absolute atomic E-state index is 10.8. The van der Waals surface area contributed by atoms with Crippen LogP contribution >= 0.6 is 0 Å². The van der Waals surface area contributed by atoms with Gasteiger partial charge < -0.3 is 9.11 Å². The van der Waals surface area contributed by atoms with Crippen molar-refractivity contribution in [1.82, 2.24) is 0 Å². The lowest BCUT2D eigenvalue weighted by molar-refractivity contribution is -0.117. The molecule has 0 atom stereocenters. The first-order valence-electron chi connectivity index (χ1n) is 7.99. The molecule has 0 unspecified atom stereocenters. The third-order valence-corrected chi connectivity index (χ3v) is 4.83. The molecule has 0 saturated heterocycles. The Hall–Kier alpha value is -3.20. The molecule has 0 radical (unpaired) electrons. The average molecular weight is 461 g/mol. The van der Waals surface area contributed by atoms with Crippen LogP contribution in [0.5, 0.6) is 0 Å². The smallest absolute Gasteiger partial charge is 0.336 e. The summed E-state index contributed by atoms with van der Waals surface area (Å²) in [7, 11) is -8.88. The first kappa shape index (κ1) is 26.8. The van der Waals surface area contributed by atoms with Crippen LogP contribution in [-0.2, 0) is 33.1 Å². The number of hydrogen-bond donors (Lipinski definition) is 6. The maximum atomic E-state index is 10.8. The van der Waals surface area contributed by atoms with Crippen molar-refractivity contribution in [2.24, 2.45) is 22.9 Å². The summed E-state index contributed by atoms with van der Waals surface area (Å²) >= 11 is 0. The fraction of sp³-hybridized carbons (Fsp3) is 0.125. The molecule has 166 valence electrons. The van der Waals surface area contributed by atoms with Crippen molar-refractivity contribution in [3.05, 3.63) is 59.7 Å². The minimum Gasteiger partial charge on any atom is -0.744 e. The molecule has 0 spiro atoms. The van der Waals surface area contributed by atoms with E-state index in [-0.39, 0.29) is 21.7 Å². The van der Waals surface area contributed by atoms with E-state index in [0.29, 0.717) is 12.8 Å². The van der Waals surface area contributed by atoms with Gasteiger partial charge in [0.25, 0.3) is 0 Å². The minimum absolute atomic E-state index is 0.0833. The Morgan fingerprint density at radius 3 is 1.00 bits per heavy atom. The van der Waals surface area contributed by atoms with Gasteiger partial charge in [-0.3, -0.25) is 33.8 Å². The second kappa shape index (κ2) is 11.7. The third-order valence-electron chi connectivity index (χ3n) is 3.13. The van der Waals surface area contributed by atoms with Crippen molar-refractivity contribution in [2.75, 3.05) is 0 Å². The van der Waals surface area contributed by atoms with Crippen molar-refractivity contribution >= 4 is 32.2 Å². The first-order chi connectivity index (χ1) is 13.6. The molecule has 0 bridgehead atoms. The number of hydrogen-bond acceptors (Lipinski definition) is 6. The summed E-state index contributed by atoms with van der Waals surface area (Å²) in [5.41, 5.74) is 20.0. The van der Waals surface area contributed by atoms with E-state index in [0.717, 1.165) is 11.1 Å². The van der Waals surface area contributed by atoms with Gasteiger partial charge in [0.15, 0.2) is 0 Å². The van der Waals surface area contributed by atoms with Crippen LogP contribution in [0.25, 0.3) is 0 Å². The van der Waals surface area contributed by atoms with Crippen molar-refractivity contribution in [3.8, 4) is 0 Å². The van der Waals surface area contributed by atoms with Gasteiger partial charge in [-0.1, -0.05) is 24.3 Å². The summed E-state index contributed by atoms with van der Waals surface area (Å²) in [6, 6.07) is 11.2. The van der Waals surface area contributed by atoms with E-state index >= 15 is 0 Å². The van der Waals surface area contributed by atoms with Crippen molar-refractivity contribution in [1.29, 1.82) is 0 Å². The number of aryl methyl sites for hydroxylation is 2. The molecule has 0 aliphatic carbocycles. The Kier molecular flexibility index (Phi) is 10.5. The monoisotopic (exact) mass is 460 g/mol. The van der Waals surface area contributed by atoms with E-state index in [1.165, 1.54) is 24.3 Å². The molecule has 0 aromatic heterocycles. The highest BCUT2D eigenvalue weighted by molar-refractivity contribution is 7.86. The zero-order valence-corrected chi connectivity index (χ0v) is 17.4. The number of nitrogens with two attached hydrogens (primary N) is 6. The van der Waals surface area contributed by atoms with Crippen LogP contribution in [0.15, 0.2) is 58.3 Å². The van der Waals surface area contributed by atoms with E-state index < -0.39 is 20.2 Å². The molecule has 2 aromatic rings. The molecular weight excluding hydrogens is 436 g/mol. The number of rotatable bonds is 5. The molecule has 2 aromatic carbocycles. The van der Waals surface area contributed by atoms with Crippen molar-refractivity contribution in [2.45, 2.75) is 22.6 Å². The van der Waals surface area contributed by atoms with Crippen LogP contribution < -0.4 is 33.8 Å². The Morgan fingerprint density at radius 1 is 0.633 bits per heavy atom. The Bertz CT molecular complexity index is 957. The zero-order chi connectivity index (χ0) is 23.5. The van der Waals surface area contributed by atoms with Gasteiger partial charge in [0.1, 0.15) is 20.2 Å². The van der Waals surface area contributed by atoms with E-state index in [9.17, 15) is 25.9 Å². The van der Waals surface area contributed by atoms with E-state index in [2.05, 4.69) is 33.8 Å². The Labute approximate surface area is 174 Å². The molecule has 30 heavy (non-hydrogen) atoms. The molecule has 0 fully saturated rings. The molecule has 0 aliphatic rings. The zero-order valence-electron chi connectivity index (χ0n) is 15.8. The van der Waals surface area contributed by atoms with Gasteiger partial charge in [-0.15, -0.1) is 0 Å². The van der Waals surface area contributed by atoms with Crippen LogP contribution in [0.2, 0.25) is 0 Å². The highest BCUT2D eigenvalue weighted by atomic mass is 32.2. The summed E-state index contributed by atoms with van der Waals surface area (Å²) in [6.07, 6.45) is 1.17. The highest BCUT2D eigenvalue weighted by Crippen LogP contribution is 2.14. The molecule has 2 rings (SSSR count). The Morgan fingerprint density at radius 2 is 0.833 bits per heavy atom. The lowest BCUT2D eigenvalue weighted by Crippen LogP contribution is -2.51. The molecule has 0 saturated carbocycles. The summed E-state index contributed by atoms with van der Waals surface area (Å²) in [4.78, 5) is -0.553. The molecule has 12 N–H and O–H groups in total. The Balaban J connectivity index is 0.000000901. The summed E-state index contributed by atoms with van der Waals surface area (Å²) < 4.78 is 64.8. The van der Waals surface area contributed by atoms with Gasteiger partial charge >= 0.3 is 11.9 Å². The lowest BCUT2D eigenvalue weighted by Gasteiger charge is -2.09. The molecule has 0 amide bonds. The average Bonchev–Trinajstić information content (AvgIpc) is 2.58. The second-order valence-electron chi connectivity index (χ2n) is 5.70. The molecule has 0 heterocycles. The SMILES string of the molecule is NC(N)=[NH2+].NC(N)=[NH2+].O=S(=O)([O-])c1ccc(CCc2ccc(S(=O)(=O)[O-])cc2)cc1. The topological polar surface area (TPSA) is 270 Å². The predicted octanol–water partition coefficient (Wildman–Crippen LogP) is -4.68. The van der Waals surface area contributed by atoms with Crippen LogP contribution in [-0.4, -0.2) is 37.9 Å². The van der Waals surface area contributed by atoms with Gasteiger partial charge in [0, 0.05) is 0 Å². The van der Waals surface area contributed by atoms with E-state index in [1.807, 2.05) is 0 Å². The third kappa shape index (κ3) is 12.3. The van der Waals surface area contributed by atoms with Crippen LogP contribution in [0.3, 0.4) is 0 Å². The summed E-state index contributed by atoms with van der Waals surface area (Å²) in [5.74, 6) is -0.167. The molecular formula is C16H24N6O6S2. The molecule has 14 heteroatoms.